The summed E-state index contributed by atoms with van der Waals surface area (Å²) in [5.41, 5.74) is 2.36. The molecule has 1 saturated carbocycles. The van der Waals surface area contributed by atoms with Gasteiger partial charge in [0.05, 0.1) is 11.8 Å². The predicted molar refractivity (Wildman–Crippen MR) is 55.8 cm³/mol. The van der Waals surface area contributed by atoms with Gasteiger partial charge in [-0.25, -0.2) is 0 Å². The Labute approximate surface area is 93.8 Å². The topological polar surface area (TPSA) is 52.4 Å². The molecule has 16 heavy (non-hydrogen) atoms. The lowest BCUT2D eigenvalue weighted by Crippen LogP contribution is -2.31. The van der Waals surface area contributed by atoms with Crippen LogP contribution in [-0.4, -0.2) is 16.3 Å². The van der Waals surface area contributed by atoms with E-state index in [1.54, 1.807) is 12.4 Å². The monoisotopic (exact) mass is 218 g/mol. The van der Waals surface area contributed by atoms with Gasteiger partial charge in [0.25, 0.3) is 0 Å². The van der Waals surface area contributed by atoms with Crippen LogP contribution in [0.1, 0.15) is 49.7 Å². The molecular weight excluding hydrogens is 204 g/mol. The first kappa shape index (κ1) is 8.93. The van der Waals surface area contributed by atoms with Crippen LogP contribution in [0.3, 0.4) is 0 Å². The standard InChI is InChI=1S/C12H14N2O2/c1-11(2)12(16-11)9-3-4-10(12)8-6-14(15)13-5-7(8)9/h5-6,9-10H,3-4H2,1-2H3/t9-,10+,12-/m0/s1. The molecule has 4 rings (SSSR count). The first-order chi connectivity index (χ1) is 7.56. The number of hydrogen-bond donors (Lipinski definition) is 0. The van der Waals surface area contributed by atoms with Gasteiger partial charge >= 0.3 is 0 Å². The zero-order valence-corrected chi connectivity index (χ0v) is 9.43. The summed E-state index contributed by atoms with van der Waals surface area (Å²) in [5, 5.41) is 15.1. The number of epoxide rings is 1. The summed E-state index contributed by atoms with van der Waals surface area (Å²) in [6.07, 6.45) is 5.70. The Morgan fingerprint density at radius 2 is 2.00 bits per heavy atom. The van der Waals surface area contributed by atoms with Crippen LogP contribution < -0.4 is 4.85 Å². The van der Waals surface area contributed by atoms with Crippen molar-refractivity contribution in [3.05, 3.63) is 28.7 Å². The van der Waals surface area contributed by atoms with Crippen molar-refractivity contribution in [1.82, 2.24) is 5.10 Å². The van der Waals surface area contributed by atoms with E-state index in [4.69, 9.17) is 4.74 Å². The maximum atomic E-state index is 11.3. The second-order valence-corrected chi connectivity index (χ2v) is 5.67. The molecule has 3 aliphatic rings. The molecule has 0 aromatic carbocycles. The second kappa shape index (κ2) is 2.25. The van der Waals surface area contributed by atoms with E-state index in [0.717, 1.165) is 6.42 Å². The summed E-state index contributed by atoms with van der Waals surface area (Å²) in [6.45, 7) is 4.31. The van der Waals surface area contributed by atoms with Crippen LogP contribution in [0.5, 0.6) is 0 Å². The molecular formula is C12H14N2O2. The maximum Gasteiger partial charge on any atom is 0.213 e. The van der Waals surface area contributed by atoms with Crippen LogP contribution in [0.2, 0.25) is 0 Å². The molecule has 4 nitrogen and oxygen atoms in total. The summed E-state index contributed by atoms with van der Waals surface area (Å²) >= 11 is 0. The molecule has 4 heteroatoms. The van der Waals surface area contributed by atoms with Gasteiger partial charge in [-0.3, -0.25) is 0 Å². The Balaban J connectivity index is 1.92. The minimum Gasteiger partial charge on any atom is -0.594 e. The SMILES string of the molecule is CC1(C)O[C@@]12[C@@H]1CC[C@H]2c2cn[n+]([O-])cc21. The molecule has 3 atom stereocenters. The first-order valence-electron chi connectivity index (χ1n) is 5.86. The van der Waals surface area contributed by atoms with Crippen LogP contribution in [0.15, 0.2) is 12.4 Å². The Bertz CT molecular complexity index is 500. The van der Waals surface area contributed by atoms with Crippen molar-refractivity contribution >= 4 is 0 Å². The molecule has 2 heterocycles. The molecule has 0 radical (unpaired) electrons. The Hall–Kier alpha value is -1.16. The lowest BCUT2D eigenvalue weighted by Gasteiger charge is -2.12. The van der Waals surface area contributed by atoms with Gasteiger partial charge in [0.2, 0.25) is 6.20 Å². The van der Waals surface area contributed by atoms with Gasteiger partial charge in [0, 0.05) is 22.5 Å². The number of fused-ring (bicyclic) bond motifs is 3. The van der Waals surface area contributed by atoms with Crippen molar-refractivity contribution in [2.75, 3.05) is 0 Å². The third-order valence-electron chi connectivity index (χ3n) is 4.75. The van der Waals surface area contributed by atoms with Gasteiger partial charge in [0.1, 0.15) is 5.60 Å². The highest BCUT2D eigenvalue weighted by Gasteiger charge is 2.77. The summed E-state index contributed by atoms with van der Waals surface area (Å²) in [7, 11) is 0. The minimum absolute atomic E-state index is 0.0225. The predicted octanol–water partition coefficient (Wildman–Crippen LogP) is 1.24. The van der Waals surface area contributed by atoms with Gasteiger partial charge < -0.3 is 9.94 Å². The van der Waals surface area contributed by atoms with Crippen molar-refractivity contribution < 1.29 is 9.58 Å². The smallest absolute Gasteiger partial charge is 0.213 e. The number of ether oxygens (including phenoxy) is 1. The fourth-order valence-corrected chi connectivity index (χ4v) is 4.16. The normalized spacial score (nSPS) is 41.4. The van der Waals surface area contributed by atoms with Gasteiger partial charge in [-0.15, -0.1) is 0 Å². The molecule has 1 spiro atoms. The van der Waals surface area contributed by atoms with E-state index in [0.29, 0.717) is 16.7 Å². The molecule has 1 saturated heterocycles. The van der Waals surface area contributed by atoms with E-state index in [1.165, 1.54) is 17.5 Å². The molecule has 1 aliphatic heterocycles. The van der Waals surface area contributed by atoms with Gasteiger partial charge in [0.15, 0.2) is 0 Å². The highest BCUT2D eigenvalue weighted by atomic mass is 16.6. The highest BCUT2D eigenvalue weighted by Crippen LogP contribution is 2.73. The third kappa shape index (κ3) is 0.725. The van der Waals surface area contributed by atoms with E-state index in [1.807, 2.05) is 0 Å². The van der Waals surface area contributed by atoms with Crippen LogP contribution in [0.25, 0.3) is 0 Å². The Morgan fingerprint density at radius 3 is 2.62 bits per heavy atom. The van der Waals surface area contributed by atoms with Crippen molar-refractivity contribution in [2.45, 2.75) is 49.7 Å². The molecule has 84 valence electrons. The molecule has 1 aromatic rings. The number of aromatic nitrogens is 2. The van der Waals surface area contributed by atoms with E-state index >= 15 is 0 Å². The second-order valence-electron chi connectivity index (χ2n) is 5.67. The quantitative estimate of drug-likeness (QED) is 0.374. The molecule has 0 N–H and O–H groups in total. The Morgan fingerprint density at radius 1 is 1.38 bits per heavy atom. The molecule has 2 aliphatic carbocycles. The molecule has 0 unspecified atom stereocenters. The van der Waals surface area contributed by atoms with Crippen LogP contribution in [0.4, 0.5) is 0 Å². The van der Waals surface area contributed by atoms with Crippen molar-refractivity contribution in [1.29, 1.82) is 0 Å². The van der Waals surface area contributed by atoms with Gasteiger partial charge in [-0.1, -0.05) is 4.85 Å². The molecule has 1 aromatic heterocycles. The fraction of sp³-hybridized carbons (Fsp3) is 0.667. The van der Waals surface area contributed by atoms with Crippen molar-refractivity contribution in [3.63, 3.8) is 0 Å². The number of hydrogen-bond acceptors (Lipinski definition) is 3. The molecule has 2 fully saturated rings. The zero-order valence-electron chi connectivity index (χ0n) is 9.43. The third-order valence-corrected chi connectivity index (χ3v) is 4.75. The summed E-state index contributed by atoms with van der Waals surface area (Å²) in [5.74, 6) is 0.863. The average Bonchev–Trinajstić information content (AvgIpc) is 2.53. The largest absolute Gasteiger partial charge is 0.594 e. The van der Waals surface area contributed by atoms with Gasteiger partial charge in [-0.2, -0.15) is 0 Å². The van der Waals surface area contributed by atoms with Crippen LogP contribution in [0, 0.1) is 5.21 Å². The van der Waals surface area contributed by atoms with E-state index in [9.17, 15) is 5.21 Å². The summed E-state index contributed by atoms with van der Waals surface area (Å²) in [6, 6.07) is 0. The number of nitrogens with zero attached hydrogens (tertiary/aromatic N) is 2. The molecule has 2 bridgehead atoms. The van der Waals surface area contributed by atoms with E-state index in [-0.39, 0.29) is 11.2 Å². The van der Waals surface area contributed by atoms with E-state index < -0.39 is 0 Å². The van der Waals surface area contributed by atoms with Gasteiger partial charge in [-0.05, 0) is 32.3 Å². The minimum atomic E-state index is -0.0361. The zero-order chi connectivity index (χ0) is 11.1. The van der Waals surface area contributed by atoms with E-state index in [2.05, 4.69) is 18.9 Å². The highest BCUT2D eigenvalue weighted by molar-refractivity contribution is 5.49. The fourth-order valence-electron chi connectivity index (χ4n) is 4.16. The lowest BCUT2D eigenvalue weighted by molar-refractivity contribution is -0.669. The Kier molecular flexibility index (Phi) is 1.26. The van der Waals surface area contributed by atoms with Crippen molar-refractivity contribution in [2.24, 2.45) is 0 Å². The maximum absolute atomic E-state index is 11.3. The summed E-state index contributed by atoms with van der Waals surface area (Å²) < 4.78 is 6.02. The average molecular weight is 218 g/mol. The number of rotatable bonds is 0. The first-order valence-corrected chi connectivity index (χ1v) is 5.86. The van der Waals surface area contributed by atoms with Crippen LogP contribution in [-0.2, 0) is 4.74 Å². The van der Waals surface area contributed by atoms with Crippen LogP contribution >= 0.6 is 0 Å². The summed E-state index contributed by atoms with van der Waals surface area (Å²) in [4.78, 5) is 0.669. The molecule has 0 amide bonds. The lowest BCUT2D eigenvalue weighted by atomic mass is 9.85. The van der Waals surface area contributed by atoms with Crippen molar-refractivity contribution in [3.8, 4) is 0 Å².